The fraction of sp³-hybridized carbons (Fsp3) is 0.600. The molecular formula is C15H24BrN. The smallest absolute Gasteiger partial charge is 0.0205 e. The Bertz CT molecular complexity index is 281. The Morgan fingerprint density at radius 3 is 2.29 bits per heavy atom. The predicted octanol–water partition coefficient (Wildman–Crippen LogP) is 4.90. The van der Waals surface area contributed by atoms with Crippen LogP contribution >= 0.6 is 15.9 Å². The molecule has 0 radical (unpaired) electrons. The molecule has 0 saturated carbocycles. The third kappa shape index (κ3) is 7.56. The molecule has 0 bridgehead atoms. The molecular weight excluding hydrogens is 274 g/mol. The van der Waals surface area contributed by atoms with E-state index in [4.69, 9.17) is 0 Å². The van der Waals surface area contributed by atoms with Crippen molar-refractivity contribution in [1.29, 1.82) is 0 Å². The zero-order valence-electron chi connectivity index (χ0n) is 10.8. The number of halogens is 1. The maximum atomic E-state index is 3.50. The molecule has 96 valence electrons. The quantitative estimate of drug-likeness (QED) is 0.639. The molecule has 0 aliphatic rings. The average molecular weight is 298 g/mol. The molecule has 1 nitrogen and oxygen atoms in total. The summed E-state index contributed by atoms with van der Waals surface area (Å²) in [5, 5.41) is 3.50. The first-order valence-electron chi connectivity index (χ1n) is 6.78. The first-order chi connectivity index (χ1) is 8.33. The van der Waals surface area contributed by atoms with Crippen LogP contribution in [0.15, 0.2) is 28.7 Å². The third-order valence-corrected chi connectivity index (χ3v) is 3.48. The molecule has 17 heavy (non-hydrogen) atoms. The van der Waals surface area contributed by atoms with Crippen molar-refractivity contribution in [3.8, 4) is 0 Å². The van der Waals surface area contributed by atoms with Crippen molar-refractivity contribution >= 4 is 15.9 Å². The van der Waals surface area contributed by atoms with Gasteiger partial charge >= 0.3 is 0 Å². The van der Waals surface area contributed by atoms with Crippen LogP contribution in [0.2, 0.25) is 0 Å². The number of unbranched alkanes of at least 4 members (excludes halogenated alkanes) is 5. The topological polar surface area (TPSA) is 12.0 Å². The monoisotopic (exact) mass is 297 g/mol. The summed E-state index contributed by atoms with van der Waals surface area (Å²) in [7, 11) is 0. The summed E-state index contributed by atoms with van der Waals surface area (Å²) in [6.07, 6.45) is 8.21. The average Bonchev–Trinajstić information content (AvgIpc) is 2.35. The summed E-state index contributed by atoms with van der Waals surface area (Å²) in [6, 6.07) is 8.53. The summed E-state index contributed by atoms with van der Waals surface area (Å²) < 4.78 is 1.15. The van der Waals surface area contributed by atoms with Gasteiger partial charge in [-0.05, 0) is 30.7 Å². The lowest BCUT2D eigenvalue weighted by Crippen LogP contribution is -2.14. The Morgan fingerprint density at radius 2 is 1.59 bits per heavy atom. The minimum Gasteiger partial charge on any atom is -0.313 e. The number of hydrogen-bond acceptors (Lipinski definition) is 1. The molecule has 1 N–H and O–H groups in total. The van der Waals surface area contributed by atoms with Crippen LogP contribution in [-0.4, -0.2) is 6.54 Å². The first-order valence-corrected chi connectivity index (χ1v) is 7.57. The second-order valence-corrected chi connectivity index (χ2v) is 5.49. The van der Waals surface area contributed by atoms with E-state index in [1.165, 1.54) is 44.1 Å². The highest BCUT2D eigenvalue weighted by Crippen LogP contribution is 2.10. The molecule has 0 aliphatic heterocycles. The normalized spacial score (nSPS) is 10.7. The van der Waals surface area contributed by atoms with Gasteiger partial charge in [0, 0.05) is 11.0 Å². The highest BCUT2D eigenvalue weighted by Gasteiger charge is 1.93. The van der Waals surface area contributed by atoms with Gasteiger partial charge in [-0.15, -0.1) is 0 Å². The fourth-order valence-corrected chi connectivity index (χ4v) is 2.13. The maximum absolute atomic E-state index is 3.50. The number of benzene rings is 1. The Labute approximate surface area is 114 Å². The third-order valence-electron chi connectivity index (χ3n) is 2.95. The van der Waals surface area contributed by atoms with Gasteiger partial charge in [-0.3, -0.25) is 0 Å². The molecule has 0 fully saturated rings. The van der Waals surface area contributed by atoms with E-state index in [1.54, 1.807) is 0 Å². The molecule has 1 aromatic rings. The van der Waals surface area contributed by atoms with Gasteiger partial charge in [0.2, 0.25) is 0 Å². The Hall–Kier alpha value is -0.340. The number of nitrogens with one attached hydrogen (secondary N) is 1. The van der Waals surface area contributed by atoms with Gasteiger partial charge in [-0.25, -0.2) is 0 Å². The van der Waals surface area contributed by atoms with Gasteiger partial charge in [0.25, 0.3) is 0 Å². The van der Waals surface area contributed by atoms with E-state index in [-0.39, 0.29) is 0 Å². The molecule has 0 aromatic heterocycles. The molecule has 0 saturated heterocycles. The van der Waals surface area contributed by atoms with Gasteiger partial charge in [0.05, 0.1) is 0 Å². The molecule has 0 amide bonds. The summed E-state index contributed by atoms with van der Waals surface area (Å²) >= 11 is 3.45. The van der Waals surface area contributed by atoms with Gasteiger partial charge in [-0.1, -0.05) is 67.1 Å². The molecule has 0 atom stereocenters. The summed E-state index contributed by atoms with van der Waals surface area (Å²) in [4.78, 5) is 0. The minimum atomic E-state index is 0.988. The number of rotatable bonds is 9. The second-order valence-electron chi connectivity index (χ2n) is 4.57. The van der Waals surface area contributed by atoms with Crippen molar-refractivity contribution < 1.29 is 0 Å². The van der Waals surface area contributed by atoms with Crippen LogP contribution in [0.5, 0.6) is 0 Å². The van der Waals surface area contributed by atoms with E-state index in [1.807, 2.05) is 0 Å². The Morgan fingerprint density at radius 1 is 0.941 bits per heavy atom. The molecule has 0 heterocycles. The van der Waals surface area contributed by atoms with Crippen molar-refractivity contribution in [1.82, 2.24) is 5.32 Å². The predicted molar refractivity (Wildman–Crippen MR) is 79.2 cm³/mol. The van der Waals surface area contributed by atoms with Crippen LogP contribution < -0.4 is 5.32 Å². The van der Waals surface area contributed by atoms with E-state index in [0.29, 0.717) is 0 Å². The maximum Gasteiger partial charge on any atom is 0.0205 e. The highest BCUT2D eigenvalue weighted by atomic mass is 79.9. The largest absolute Gasteiger partial charge is 0.313 e. The molecule has 1 rings (SSSR count). The minimum absolute atomic E-state index is 0.988. The van der Waals surface area contributed by atoms with Gasteiger partial charge in [0.1, 0.15) is 0 Å². The first kappa shape index (κ1) is 14.7. The molecule has 0 unspecified atom stereocenters. The summed E-state index contributed by atoms with van der Waals surface area (Å²) in [6.45, 7) is 4.39. The van der Waals surface area contributed by atoms with Crippen molar-refractivity contribution in [2.45, 2.75) is 52.0 Å². The van der Waals surface area contributed by atoms with Crippen LogP contribution in [0.1, 0.15) is 51.0 Å². The van der Waals surface area contributed by atoms with Crippen LogP contribution in [0.3, 0.4) is 0 Å². The lowest BCUT2D eigenvalue weighted by molar-refractivity contribution is 0.572. The molecule has 1 aromatic carbocycles. The van der Waals surface area contributed by atoms with Crippen molar-refractivity contribution in [3.05, 3.63) is 34.3 Å². The van der Waals surface area contributed by atoms with Crippen LogP contribution in [0.4, 0.5) is 0 Å². The Kier molecular flexibility index (Phi) is 8.37. The van der Waals surface area contributed by atoms with Crippen LogP contribution in [0.25, 0.3) is 0 Å². The SMILES string of the molecule is CCCCCCCCNCc1ccc(Br)cc1. The van der Waals surface area contributed by atoms with Crippen molar-refractivity contribution in [2.75, 3.05) is 6.54 Å². The van der Waals surface area contributed by atoms with Crippen LogP contribution in [0, 0.1) is 0 Å². The van der Waals surface area contributed by atoms with Gasteiger partial charge in [0.15, 0.2) is 0 Å². The van der Waals surface area contributed by atoms with E-state index in [9.17, 15) is 0 Å². The molecule has 2 heteroatoms. The van der Waals surface area contributed by atoms with E-state index in [2.05, 4.69) is 52.4 Å². The van der Waals surface area contributed by atoms with Gasteiger partial charge < -0.3 is 5.32 Å². The van der Waals surface area contributed by atoms with Crippen molar-refractivity contribution in [2.24, 2.45) is 0 Å². The van der Waals surface area contributed by atoms with E-state index < -0.39 is 0 Å². The van der Waals surface area contributed by atoms with Gasteiger partial charge in [-0.2, -0.15) is 0 Å². The summed E-state index contributed by atoms with van der Waals surface area (Å²) in [5.74, 6) is 0. The molecule has 0 aliphatic carbocycles. The van der Waals surface area contributed by atoms with Crippen LogP contribution in [-0.2, 0) is 6.54 Å². The second kappa shape index (κ2) is 9.67. The van der Waals surface area contributed by atoms with E-state index >= 15 is 0 Å². The van der Waals surface area contributed by atoms with E-state index in [0.717, 1.165) is 17.6 Å². The Balaban J connectivity index is 1.95. The van der Waals surface area contributed by atoms with Crippen molar-refractivity contribution in [3.63, 3.8) is 0 Å². The zero-order valence-corrected chi connectivity index (χ0v) is 12.4. The zero-order chi connectivity index (χ0) is 12.3. The fourth-order valence-electron chi connectivity index (χ4n) is 1.87. The molecule has 0 spiro atoms. The lowest BCUT2D eigenvalue weighted by atomic mass is 10.1. The standard InChI is InChI=1S/C15H24BrN/c1-2-3-4-5-6-7-12-17-13-14-8-10-15(16)11-9-14/h8-11,17H,2-7,12-13H2,1H3. The summed E-state index contributed by atoms with van der Waals surface area (Å²) in [5.41, 5.74) is 1.36. The highest BCUT2D eigenvalue weighted by molar-refractivity contribution is 9.10. The number of hydrogen-bond donors (Lipinski definition) is 1. The lowest BCUT2D eigenvalue weighted by Gasteiger charge is -2.05.